The van der Waals surface area contributed by atoms with Gasteiger partial charge in [-0.05, 0) is 19.1 Å². The van der Waals surface area contributed by atoms with Crippen molar-refractivity contribution in [3.8, 4) is 5.75 Å². The van der Waals surface area contributed by atoms with Crippen molar-refractivity contribution in [3.05, 3.63) is 28.2 Å². The Balaban J connectivity index is 2.56. The molecule has 0 aliphatic carbocycles. The Morgan fingerprint density at radius 2 is 2.33 bits per heavy atom. The molecule has 0 radical (unpaired) electrons. The van der Waals surface area contributed by atoms with Gasteiger partial charge in [0.1, 0.15) is 5.75 Å². The van der Waals surface area contributed by atoms with Crippen molar-refractivity contribution in [3.63, 3.8) is 0 Å². The van der Waals surface area contributed by atoms with E-state index in [0.29, 0.717) is 18.8 Å². The van der Waals surface area contributed by atoms with Crippen molar-refractivity contribution in [2.75, 3.05) is 6.61 Å². The Morgan fingerprint density at radius 1 is 1.60 bits per heavy atom. The zero-order valence-corrected chi connectivity index (χ0v) is 9.87. The van der Waals surface area contributed by atoms with Crippen LogP contribution in [0.1, 0.15) is 18.9 Å². The van der Waals surface area contributed by atoms with E-state index in [9.17, 15) is 9.90 Å². The van der Waals surface area contributed by atoms with Crippen LogP contribution in [0.4, 0.5) is 0 Å². The molecular formula is C11H11BrO3. The van der Waals surface area contributed by atoms with Gasteiger partial charge in [0.05, 0.1) is 12.0 Å². The van der Waals surface area contributed by atoms with Crippen LogP contribution in [0.25, 0.3) is 0 Å². The van der Waals surface area contributed by atoms with Crippen LogP contribution in [0.15, 0.2) is 22.7 Å². The first-order valence-electron chi connectivity index (χ1n) is 4.70. The van der Waals surface area contributed by atoms with E-state index in [1.54, 1.807) is 6.92 Å². The molecule has 15 heavy (non-hydrogen) atoms. The summed E-state index contributed by atoms with van der Waals surface area (Å²) >= 11 is 3.34. The number of fused-ring (bicyclic) bond motifs is 1. The molecule has 3 nitrogen and oxygen atoms in total. The number of halogens is 1. The zero-order valence-electron chi connectivity index (χ0n) is 8.29. The Hall–Kier alpha value is -1.03. The maximum Gasteiger partial charge on any atom is 0.314 e. The third-order valence-corrected chi connectivity index (χ3v) is 3.36. The van der Waals surface area contributed by atoms with Gasteiger partial charge in [-0.15, -0.1) is 0 Å². The number of benzene rings is 1. The van der Waals surface area contributed by atoms with Crippen LogP contribution in [0.5, 0.6) is 5.75 Å². The van der Waals surface area contributed by atoms with Crippen LogP contribution < -0.4 is 4.74 Å². The molecule has 0 amide bonds. The maximum absolute atomic E-state index is 11.3. The predicted octanol–water partition coefficient (Wildman–Crippen LogP) is 2.57. The van der Waals surface area contributed by atoms with Crippen molar-refractivity contribution in [2.24, 2.45) is 0 Å². The SMILES string of the molecule is CC1(C(=O)O)CCOc2cc(Br)ccc21. The third kappa shape index (κ3) is 1.63. The molecule has 0 saturated carbocycles. The first kappa shape index (κ1) is 10.5. The number of aliphatic carboxylic acids is 1. The maximum atomic E-state index is 11.3. The summed E-state index contributed by atoms with van der Waals surface area (Å²) in [7, 11) is 0. The average molecular weight is 271 g/mol. The van der Waals surface area contributed by atoms with Gasteiger partial charge in [-0.1, -0.05) is 22.0 Å². The van der Waals surface area contributed by atoms with Crippen LogP contribution in [0.3, 0.4) is 0 Å². The lowest BCUT2D eigenvalue weighted by molar-refractivity contribution is -0.144. The first-order valence-corrected chi connectivity index (χ1v) is 5.49. The van der Waals surface area contributed by atoms with Crippen molar-refractivity contribution >= 4 is 21.9 Å². The van der Waals surface area contributed by atoms with Gasteiger partial charge < -0.3 is 9.84 Å². The fourth-order valence-corrected chi connectivity index (χ4v) is 2.13. The van der Waals surface area contributed by atoms with E-state index in [2.05, 4.69) is 15.9 Å². The van der Waals surface area contributed by atoms with E-state index in [4.69, 9.17) is 4.74 Å². The molecule has 1 heterocycles. The molecule has 1 aliphatic heterocycles. The minimum Gasteiger partial charge on any atom is -0.493 e. The van der Waals surface area contributed by atoms with Crippen LogP contribution in [-0.2, 0) is 10.2 Å². The van der Waals surface area contributed by atoms with Gasteiger partial charge >= 0.3 is 5.97 Å². The molecule has 80 valence electrons. The van der Waals surface area contributed by atoms with E-state index in [-0.39, 0.29) is 0 Å². The zero-order chi connectivity index (χ0) is 11.1. The lowest BCUT2D eigenvalue weighted by Crippen LogP contribution is -2.37. The Labute approximate surface area is 96.2 Å². The fourth-order valence-electron chi connectivity index (χ4n) is 1.79. The Bertz CT molecular complexity index is 416. The number of hydrogen-bond acceptors (Lipinski definition) is 2. The molecule has 0 fully saturated rings. The van der Waals surface area contributed by atoms with Gasteiger partial charge in [-0.25, -0.2) is 0 Å². The standard InChI is InChI=1S/C11H11BrO3/c1-11(10(13)14)4-5-15-9-6-7(12)2-3-8(9)11/h2-3,6H,4-5H2,1H3,(H,13,14). The Kier molecular flexibility index (Phi) is 2.46. The summed E-state index contributed by atoms with van der Waals surface area (Å²) in [6.07, 6.45) is 0.511. The van der Waals surface area contributed by atoms with E-state index in [0.717, 1.165) is 10.0 Å². The van der Waals surface area contributed by atoms with Gasteiger partial charge in [0.2, 0.25) is 0 Å². The van der Waals surface area contributed by atoms with Crippen LogP contribution in [-0.4, -0.2) is 17.7 Å². The second kappa shape index (κ2) is 3.52. The molecule has 1 N–H and O–H groups in total. The fraction of sp³-hybridized carbons (Fsp3) is 0.364. The minimum absolute atomic E-state index is 0.451. The number of hydrogen-bond donors (Lipinski definition) is 1. The summed E-state index contributed by atoms with van der Waals surface area (Å²) in [5.74, 6) is -0.130. The average Bonchev–Trinajstić information content (AvgIpc) is 2.17. The topological polar surface area (TPSA) is 46.5 Å². The van der Waals surface area contributed by atoms with Gasteiger partial charge in [-0.3, -0.25) is 4.79 Å². The summed E-state index contributed by atoms with van der Waals surface area (Å²) in [6.45, 7) is 2.19. The third-order valence-electron chi connectivity index (χ3n) is 2.87. The number of carbonyl (C=O) groups is 1. The molecule has 1 aliphatic rings. The number of rotatable bonds is 1. The molecule has 1 aromatic rings. The number of carboxylic acids is 1. The largest absolute Gasteiger partial charge is 0.493 e. The molecule has 1 atom stereocenters. The second-order valence-corrected chi connectivity index (χ2v) is 4.79. The normalized spacial score (nSPS) is 24.1. The Morgan fingerprint density at radius 3 is 3.00 bits per heavy atom. The van der Waals surface area contributed by atoms with E-state index < -0.39 is 11.4 Å². The summed E-state index contributed by atoms with van der Waals surface area (Å²) < 4.78 is 6.36. The smallest absolute Gasteiger partial charge is 0.314 e. The van der Waals surface area contributed by atoms with Crippen LogP contribution >= 0.6 is 15.9 Å². The van der Waals surface area contributed by atoms with E-state index >= 15 is 0 Å². The van der Waals surface area contributed by atoms with Crippen molar-refractivity contribution in [1.29, 1.82) is 0 Å². The molecule has 0 aromatic heterocycles. The predicted molar refractivity (Wildman–Crippen MR) is 59.2 cm³/mol. The first-order chi connectivity index (χ1) is 7.04. The highest BCUT2D eigenvalue weighted by Gasteiger charge is 2.40. The van der Waals surface area contributed by atoms with E-state index in [1.165, 1.54) is 0 Å². The van der Waals surface area contributed by atoms with Gasteiger partial charge in [-0.2, -0.15) is 0 Å². The van der Waals surface area contributed by atoms with Gasteiger partial charge in [0.25, 0.3) is 0 Å². The number of carboxylic acid groups (broad SMARTS) is 1. The van der Waals surface area contributed by atoms with Crippen molar-refractivity contribution < 1.29 is 14.6 Å². The van der Waals surface area contributed by atoms with Crippen molar-refractivity contribution in [2.45, 2.75) is 18.8 Å². The molecule has 2 rings (SSSR count). The minimum atomic E-state index is -0.825. The van der Waals surface area contributed by atoms with Crippen LogP contribution in [0, 0.1) is 0 Å². The highest BCUT2D eigenvalue weighted by atomic mass is 79.9. The highest BCUT2D eigenvalue weighted by molar-refractivity contribution is 9.10. The molecule has 1 unspecified atom stereocenters. The summed E-state index contributed by atoms with van der Waals surface area (Å²) in [4.78, 5) is 11.3. The molecule has 0 spiro atoms. The molecular weight excluding hydrogens is 260 g/mol. The molecule has 0 bridgehead atoms. The van der Waals surface area contributed by atoms with Crippen LogP contribution in [0.2, 0.25) is 0 Å². The van der Waals surface area contributed by atoms with Gasteiger partial charge in [0, 0.05) is 16.5 Å². The monoisotopic (exact) mass is 270 g/mol. The molecule has 0 saturated heterocycles. The van der Waals surface area contributed by atoms with E-state index in [1.807, 2.05) is 18.2 Å². The summed E-state index contributed by atoms with van der Waals surface area (Å²) in [5.41, 5.74) is -0.0710. The lowest BCUT2D eigenvalue weighted by atomic mass is 9.78. The second-order valence-electron chi connectivity index (χ2n) is 3.88. The summed E-state index contributed by atoms with van der Waals surface area (Å²) in [6, 6.07) is 5.47. The summed E-state index contributed by atoms with van der Waals surface area (Å²) in [5, 5.41) is 9.25. The number of ether oxygens (including phenoxy) is 1. The molecule has 1 aromatic carbocycles. The lowest BCUT2D eigenvalue weighted by Gasteiger charge is -2.32. The quantitative estimate of drug-likeness (QED) is 0.853. The highest BCUT2D eigenvalue weighted by Crippen LogP contribution is 2.40. The molecule has 4 heteroatoms. The van der Waals surface area contributed by atoms with Crippen molar-refractivity contribution in [1.82, 2.24) is 0 Å². The van der Waals surface area contributed by atoms with Gasteiger partial charge in [0.15, 0.2) is 0 Å².